The summed E-state index contributed by atoms with van der Waals surface area (Å²) in [5.74, 6) is 2.23. The van der Waals surface area contributed by atoms with Gasteiger partial charge in [0.05, 0.1) is 0 Å². The minimum absolute atomic E-state index is 0.422. The Bertz CT molecular complexity index is 410. The summed E-state index contributed by atoms with van der Waals surface area (Å²) in [6.07, 6.45) is 14.3. The Kier molecular flexibility index (Phi) is 13.7. The van der Waals surface area contributed by atoms with Gasteiger partial charge in [-0.05, 0) is 80.1 Å². The molecule has 0 rings (SSSR count). The van der Waals surface area contributed by atoms with Gasteiger partial charge >= 0.3 is 0 Å². The Morgan fingerprint density at radius 1 is 0.929 bits per heavy atom. The lowest BCUT2D eigenvalue weighted by molar-refractivity contribution is 0.159. The fraction of sp³-hybridized carbons (Fsp3) is 0.926. The molecular weight excluding hydrogens is 338 g/mol. The second-order valence-electron chi connectivity index (χ2n) is 11.2. The standard InChI is InChI=1S/C27H55N/c1-10-12-18-27(9,11-2)20-23(4)15-13-14-22(3)19-26(7,8)25(6)17-16-24(5)21-28/h22,24-25H,4,10-21,28H2,1-3,5-9H3. The first-order valence-corrected chi connectivity index (χ1v) is 12.4. The Labute approximate surface area is 179 Å². The Morgan fingerprint density at radius 2 is 1.57 bits per heavy atom. The Morgan fingerprint density at radius 3 is 2.11 bits per heavy atom. The average Bonchev–Trinajstić information content (AvgIpc) is 2.63. The van der Waals surface area contributed by atoms with E-state index in [1.54, 1.807) is 0 Å². The molecule has 168 valence electrons. The highest BCUT2D eigenvalue weighted by atomic mass is 14.5. The third-order valence-corrected chi connectivity index (χ3v) is 7.59. The van der Waals surface area contributed by atoms with Crippen LogP contribution in [0.25, 0.3) is 0 Å². The van der Waals surface area contributed by atoms with Crippen LogP contribution in [0.1, 0.15) is 126 Å². The first-order chi connectivity index (χ1) is 13.0. The van der Waals surface area contributed by atoms with Crippen molar-refractivity contribution in [3.8, 4) is 0 Å². The molecule has 28 heavy (non-hydrogen) atoms. The van der Waals surface area contributed by atoms with Crippen molar-refractivity contribution in [2.75, 3.05) is 6.54 Å². The van der Waals surface area contributed by atoms with Gasteiger partial charge in [0.2, 0.25) is 0 Å². The van der Waals surface area contributed by atoms with E-state index in [1.807, 2.05) is 0 Å². The van der Waals surface area contributed by atoms with Gasteiger partial charge in [0, 0.05) is 0 Å². The predicted octanol–water partition coefficient (Wildman–Crippen LogP) is 8.77. The van der Waals surface area contributed by atoms with Crippen LogP contribution < -0.4 is 5.73 Å². The highest BCUT2D eigenvalue weighted by molar-refractivity contribution is 4.99. The van der Waals surface area contributed by atoms with Crippen LogP contribution in [0.15, 0.2) is 12.2 Å². The predicted molar refractivity (Wildman–Crippen MR) is 130 cm³/mol. The molecule has 0 aliphatic rings. The molecule has 1 heteroatoms. The zero-order valence-electron chi connectivity index (χ0n) is 21.0. The number of hydrogen-bond donors (Lipinski definition) is 1. The van der Waals surface area contributed by atoms with Crippen molar-refractivity contribution in [3.05, 3.63) is 12.2 Å². The van der Waals surface area contributed by atoms with Crippen LogP contribution in [-0.4, -0.2) is 6.54 Å². The van der Waals surface area contributed by atoms with Crippen LogP contribution in [-0.2, 0) is 0 Å². The topological polar surface area (TPSA) is 26.0 Å². The number of rotatable bonds is 17. The molecule has 0 aromatic carbocycles. The van der Waals surface area contributed by atoms with Crippen LogP contribution >= 0.6 is 0 Å². The highest BCUT2D eigenvalue weighted by Crippen LogP contribution is 2.39. The van der Waals surface area contributed by atoms with Gasteiger partial charge in [0.15, 0.2) is 0 Å². The molecule has 4 unspecified atom stereocenters. The first kappa shape index (κ1) is 27.7. The molecule has 0 amide bonds. The molecular formula is C27H55N. The number of hydrogen-bond acceptors (Lipinski definition) is 1. The number of nitrogens with two attached hydrogens (primary N) is 1. The molecule has 0 aromatic heterocycles. The summed E-state index contributed by atoms with van der Waals surface area (Å²) in [4.78, 5) is 0. The maximum absolute atomic E-state index is 5.79. The van der Waals surface area contributed by atoms with E-state index in [-0.39, 0.29) is 0 Å². The lowest BCUT2D eigenvalue weighted by Gasteiger charge is -2.35. The zero-order valence-corrected chi connectivity index (χ0v) is 21.0. The first-order valence-electron chi connectivity index (χ1n) is 12.4. The smallest absolute Gasteiger partial charge is 0.00515 e. The van der Waals surface area contributed by atoms with E-state index in [2.05, 4.69) is 62.0 Å². The van der Waals surface area contributed by atoms with Crippen molar-refractivity contribution in [1.29, 1.82) is 0 Å². The lowest BCUT2D eigenvalue weighted by Crippen LogP contribution is -2.25. The van der Waals surface area contributed by atoms with Crippen LogP contribution in [0.5, 0.6) is 0 Å². The molecule has 2 N–H and O–H groups in total. The quantitative estimate of drug-likeness (QED) is 0.245. The second kappa shape index (κ2) is 13.8. The Hall–Kier alpha value is -0.300. The largest absolute Gasteiger partial charge is 0.330 e. The lowest BCUT2D eigenvalue weighted by atomic mass is 9.71. The molecule has 0 aliphatic carbocycles. The summed E-state index contributed by atoms with van der Waals surface area (Å²) in [6.45, 7) is 24.5. The van der Waals surface area contributed by atoms with Gasteiger partial charge < -0.3 is 5.73 Å². The fourth-order valence-electron chi connectivity index (χ4n) is 4.63. The fourth-order valence-corrected chi connectivity index (χ4v) is 4.63. The van der Waals surface area contributed by atoms with Crippen LogP contribution in [0, 0.1) is 28.6 Å². The molecule has 0 fully saturated rings. The molecule has 4 atom stereocenters. The summed E-state index contributed by atoms with van der Waals surface area (Å²) in [5, 5.41) is 0. The van der Waals surface area contributed by atoms with Gasteiger partial charge in [0.1, 0.15) is 0 Å². The average molecular weight is 394 g/mol. The third-order valence-electron chi connectivity index (χ3n) is 7.59. The Balaban J connectivity index is 4.28. The maximum Gasteiger partial charge on any atom is -0.00515 e. The van der Waals surface area contributed by atoms with Gasteiger partial charge in [-0.3, -0.25) is 0 Å². The monoisotopic (exact) mass is 393 g/mol. The van der Waals surface area contributed by atoms with Gasteiger partial charge in [0.25, 0.3) is 0 Å². The van der Waals surface area contributed by atoms with E-state index < -0.39 is 0 Å². The summed E-state index contributed by atoms with van der Waals surface area (Å²) < 4.78 is 0. The van der Waals surface area contributed by atoms with Crippen LogP contribution in [0.2, 0.25) is 0 Å². The zero-order chi connectivity index (χ0) is 21.8. The van der Waals surface area contributed by atoms with E-state index in [4.69, 9.17) is 5.73 Å². The van der Waals surface area contributed by atoms with Crippen molar-refractivity contribution < 1.29 is 0 Å². The van der Waals surface area contributed by atoms with Crippen molar-refractivity contribution in [1.82, 2.24) is 0 Å². The van der Waals surface area contributed by atoms with Crippen molar-refractivity contribution in [2.24, 2.45) is 34.3 Å². The molecule has 0 bridgehead atoms. The van der Waals surface area contributed by atoms with Gasteiger partial charge in [-0.15, -0.1) is 0 Å². The van der Waals surface area contributed by atoms with Crippen molar-refractivity contribution >= 4 is 0 Å². The SMILES string of the molecule is C=C(CCCC(C)CC(C)(C)C(C)CCC(C)CN)CC(C)(CC)CCCC. The molecule has 0 saturated carbocycles. The molecule has 0 saturated heterocycles. The molecule has 0 aromatic rings. The van der Waals surface area contributed by atoms with E-state index in [0.29, 0.717) is 16.7 Å². The van der Waals surface area contributed by atoms with Crippen molar-refractivity contribution in [2.45, 2.75) is 126 Å². The molecule has 1 nitrogen and oxygen atoms in total. The normalized spacial score (nSPS) is 17.8. The van der Waals surface area contributed by atoms with Crippen molar-refractivity contribution in [3.63, 3.8) is 0 Å². The van der Waals surface area contributed by atoms with Gasteiger partial charge in [-0.2, -0.15) is 0 Å². The van der Waals surface area contributed by atoms with Crippen LogP contribution in [0.3, 0.4) is 0 Å². The number of unbranched alkanes of at least 4 members (excludes halogenated alkanes) is 1. The summed E-state index contributed by atoms with van der Waals surface area (Å²) in [7, 11) is 0. The highest BCUT2D eigenvalue weighted by Gasteiger charge is 2.28. The second-order valence-corrected chi connectivity index (χ2v) is 11.2. The summed E-state index contributed by atoms with van der Waals surface area (Å²) >= 11 is 0. The molecule has 0 heterocycles. The number of allylic oxidation sites excluding steroid dienone is 1. The van der Waals surface area contributed by atoms with Gasteiger partial charge in [-0.25, -0.2) is 0 Å². The molecule has 0 aliphatic heterocycles. The minimum atomic E-state index is 0.422. The summed E-state index contributed by atoms with van der Waals surface area (Å²) in [6, 6.07) is 0. The van der Waals surface area contributed by atoms with Gasteiger partial charge in [-0.1, -0.05) is 93.2 Å². The third kappa shape index (κ3) is 11.6. The minimum Gasteiger partial charge on any atom is -0.330 e. The van der Waals surface area contributed by atoms with E-state index >= 15 is 0 Å². The molecule has 0 spiro atoms. The van der Waals surface area contributed by atoms with E-state index in [1.165, 1.54) is 76.2 Å². The molecule has 0 radical (unpaired) electrons. The summed E-state index contributed by atoms with van der Waals surface area (Å²) in [5.41, 5.74) is 8.16. The van der Waals surface area contributed by atoms with E-state index in [0.717, 1.165) is 18.4 Å². The van der Waals surface area contributed by atoms with E-state index in [9.17, 15) is 0 Å². The maximum atomic E-state index is 5.79. The van der Waals surface area contributed by atoms with Crippen LogP contribution in [0.4, 0.5) is 0 Å².